The molecule has 2 aliphatic heterocycles. The van der Waals surface area contributed by atoms with E-state index in [0.29, 0.717) is 25.4 Å². The second-order valence-electron chi connectivity index (χ2n) is 7.01. The van der Waals surface area contributed by atoms with Gasteiger partial charge >= 0.3 is 6.03 Å². The molecule has 2 fully saturated rings. The molecular formula is C19H25N3O3. The third-order valence-electron chi connectivity index (χ3n) is 5.40. The number of likely N-dealkylation sites (tertiary alicyclic amines) is 1. The number of imide groups is 1. The van der Waals surface area contributed by atoms with Crippen LogP contribution >= 0.6 is 0 Å². The first kappa shape index (κ1) is 17.5. The van der Waals surface area contributed by atoms with Crippen molar-refractivity contribution in [3.63, 3.8) is 0 Å². The number of amides is 4. The van der Waals surface area contributed by atoms with Gasteiger partial charge in [-0.25, -0.2) is 4.79 Å². The molecule has 0 spiro atoms. The fourth-order valence-corrected chi connectivity index (χ4v) is 3.63. The second kappa shape index (κ2) is 6.86. The fourth-order valence-electron chi connectivity index (χ4n) is 3.63. The van der Waals surface area contributed by atoms with Crippen LogP contribution in [0.3, 0.4) is 0 Å². The molecule has 2 saturated heterocycles. The smallest absolute Gasteiger partial charge is 0.325 e. The van der Waals surface area contributed by atoms with Gasteiger partial charge in [0.25, 0.3) is 5.91 Å². The third-order valence-corrected chi connectivity index (χ3v) is 5.40. The van der Waals surface area contributed by atoms with Crippen molar-refractivity contribution in [1.29, 1.82) is 0 Å². The molecule has 0 bridgehead atoms. The van der Waals surface area contributed by atoms with E-state index < -0.39 is 11.6 Å². The van der Waals surface area contributed by atoms with E-state index in [1.54, 1.807) is 4.90 Å². The molecule has 0 aliphatic carbocycles. The number of nitrogens with one attached hydrogen (secondary N) is 1. The lowest BCUT2D eigenvalue weighted by Gasteiger charge is -2.31. The molecule has 2 heterocycles. The minimum Gasteiger partial charge on any atom is -0.341 e. The van der Waals surface area contributed by atoms with Crippen molar-refractivity contribution in [1.82, 2.24) is 15.1 Å². The highest BCUT2D eigenvalue weighted by Gasteiger charge is 2.51. The number of urea groups is 1. The Morgan fingerprint density at radius 2 is 1.84 bits per heavy atom. The van der Waals surface area contributed by atoms with Crippen molar-refractivity contribution in [2.75, 3.05) is 19.6 Å². The first-order valence-electron chi connectivity index (χ1n) is 8.95. The molecule has 0 radical (unpaired) electrons. The zero-order valence-electron chi connectivity index (χ0n) is 14.8. The maximum absolute atomic E-state index is 13.0. The van der Waals surface area contributed by atoms with Crippen molar-refractivity contribution in [3.8, 4) is 0 Å². The highest BCUT2D eigenvalue weighted by atomic mass is 16.2. The Morgan fingerprint density at radius 3 is 2.44 bits per heavy atom. The Balaban J connectivity index is 1.76. The van der Waals surface area contributed by atoms with Crippen LogP contribution in [0, 0.1) is 5.92 Å². The second-order valence-corrected chi connectivity index (χ2v) is 7.01. The SMILES string of the molecule is CCC1(c2ccccc2)NC(=O)N(CC(=O)N2CCC(C)CC2)C1=O. The average Bonchev–Trinajstić information content (AvgIpc) is 2.88. The summed E-state index contributed by atoms with van der Waals surface area (Å²) in [7, 11) is 0. The van der Waals surface area contributed by atoms with E-state index in [1.165, 1.54) is 0 Å². The summed E-state index contributed by atoms with van der Waals surface area (Å²) in [5.41, 5.74) is -0.327. The minimum absolute atomic E-state index is 0.157. The summed E-state index contributed by atoms with van der Waals surface area (Å²) in [6.07, 6.45) is 2.37. The van der Waals surface area contributed by atoms with Crippen molar-refractivity contribution in [2.24, 2.45) is 5.92 Å². The lowest BCUT2D eigenvalue weighted by molar-refractivity contribution is -0.140. The van der Waals surface area contributed by atoms with Gasteiger partial charge < -0.3 is 10.2 Å². The zero-order chi connectivity index (χ0) is 18.0. The summed E-state index contributed by atoms with van der Waals surface area (Å²) in [4.78, 5) is 40.8. The fraction of sp³-hybridized carbons (Fsp3) is 0.526. The van der Waals surface area contributed by atoms with E-state index >= 15 is 0 Å². The van der Waals surface area contributed by atoms with E-state index in [1.807, 2.05) is 37.3 Å². The predicted molar refractivity (Wildman–Crippen MR) is 93.6 cm³/mol. The van der Waals surface area contributed by atoms with Gasteiger partial charge in [-0.05, 0) is 30.7 Å². The summed E-state index contributed by atoms with van der Waals surface area (Å²) in [5.74, 6) is 0.117. The van der Waals surface area contributed by atoms with Crippen LogP contribution in [0.25, 0.3) is 0 Å². The van der Waals surface area contributed by atoms with Crippen LogP contribution in [0.5, 0.6) is 0 Å². The van der Waals surface area contributed by atoms with Gasteiger partial charge in [0.05, 0.1) is 0 Å². The van der Waals surface area contributed by atoms with Gasteiger partial charge in [0, 0.05) is 13.1 Å². The topological polar surface area (TPSA) is 69.7 Å². The van der Waals surface area contributed by atoms with E-state index in [2.05, 4.69) is 12.2 Å². The lowest BCUT2D eigenvalue weighted by Crippen LogP contribution is -2.47. The van der Waals surface area contributed by atoms with E-state index in [4.69, 9.17) is 0 Å². The number of hydrogen-bond acceptors (Lipinski definition) is 3. The first-order chi connectivity index (χ1) is 12.0. The molecule has 6 heteroatoms. The number of nitrogens with zero attached hydrogens (tertiary/aromatic N) is 2. The average molecular weight is 343 g/mol. The molecule has 134 valence electrons. The Labute approximate surface area is 148 Å². The summed E-state index contributed by atoms with van der Waals surface area (Å²) < 4.78 is 0. The van der Waals surface area contributed by atoms with Crippen LogP contribution in [-0.4, -0.2) is 47.3 Å². The maximum atomic E-state index is 13.0. The van der Waals surface area contributed by atoms with Crippen LogP contribution < -0.4 is 5.32 Å². The lowest BCUT2D eigenvalue weighted by atomic mass is 9.87. The van der Waals surface area contributed by atoms with Gasteiger partial charge in [-0.3, -0.25) is 14.5 Å². The molecule has 6 nitrogen and oxygen atoms in total. The Kier molecular flexibility index (Phi) is 4.79. The van der Waals surface area contributed by atoms with Gasteiger partial charge in [0.1, 0.15) is 12.1 Å². The molecular weight excluding hydrogens is 318 g/mol. The third kappa shape index (κ3) is 3.13. The van der Waals surface area contributed by atoms with E-state index in [9.17, 15) is 14.4 Å². The molecule has 1 unspecified atom stereocenters. The van der Waals surface area contributed by atoms with Crippen LogP contribution in [0.1, 0.15) is 38.7 Å². The Morgan fingerprint density at radius 1 is 1.20 bits per heavy atom. The number of rotatable bonds is 4. The van der Waals surface area contributed by atoms with Crippen LogP contribution in [0.15, 0.2) is 30.3 Å². The van der Waals surface area contributed by atoms with E-state index in [0.717, 1.165) is 23.3 Å². The number of carbonyl (C=O) groups excluding carboxylic acids is 3. The van der Waals surface area contributed by atoms with Crippen LogP contribution in [-0.2, 0) is 15.1 Å². The van der Waals surface area contributed by atoms with Crippen molar-refractivity contribution in [2.45, 2.75) is 38.6 Å². The number of carbonyl (C=O) groups is 3. The van der Waals surface area contributed by atoms with Gasteiger partial charge in [0.2, 0.25) is 5.91 Å². The van der Waals surface area contributed by atoms with Gasteiger partial charge in [-0.2, -0.15) is 0 Å². The molecule has 3 rings (SSSR count). The van der Waals surface area contributed by atoms with Crippen LogP contribution in [0.2, 0.25) is 0 Å². The summed E-state index contributed by atoms with van der Waals surface area (Å²) >= 11 is 0. The normalized spacial score (nSPS) is 24.6. The zero-order valence-corrected chi connectivity index (χ0v) is 14.8. The largest absolute Gasteiger partial charge is 0.341 e. The predicted octanol–water partition coefficient (Wildman–Crippen LogP) is 2.10. The van der Waals surface area contributed by atoms with Crippen LogP contribution in [0.4, 0.5) is 4.79 Å². The van der Waals surface area contributed by atoms with Gasteiger partial charge in [0.15, 0.2) is 0 Å². The Hall–Kier alpha value is -2.37. The molecule has 25 heavy (non-hydrogen) atoms. The van der Waals surface area contributed by atoms with E-state index in [-0.39, 0.29) is 18.4 Å². The maximum Gasteiger partial charge on any atom is 0.325 e. The van der Waals surface area contributed by atoms with Crippen molar-refractivity contribution >= 4 is 17.8 Å². The molecule has 4 amide bonds. The molecule has 0 saturated carbocycles. The number of hydrogen-bond donors (Lipinski definition) is 1. The molecule has 1 atom stereocenters. The van der Waals surface area contributed by atoms with Gasteiger partial charge in [-0.15, -0.1) is 0 Å². The highest BCUT2D eigenvalue weighted by molar-refractivity contribution is 6.09. The first-order valence-corrected chi connectivity index (χ1v) is 8.95. The monoisotopic (exact) mass is 343 g/mol. The molecule has 0 aromatic heterocycles. The standard InChI is InChI=1S/C19H25N3O3/c1-3-19(15-7-5-4-6-8-15)17(24)22(18(25)20-19)13-16(23)21-11-9-14(2)10-12-21/h4-8,14H,3,9-13H2,1-2H3,(H,20,25). The Bertz CT molecular complexity index is 668. The van der Waals surface area contributed by atoms with Gasteiger partial charge in [-0.1, -0.05) is 44.2 Å². The molecule has 2 aliphatic rings. The van der Waals surface area contributed by atoms with Crippen molar-refractivity contribution in [3.05, 3.63) is 35.9 Å². The minimum atomic E-state index is -1.07. The summed E-state index contributed by atoms with van der Waals surface area (Å²) in [5, 5.41) is 2.82. The molecule has 1 aromatic rings. The number of benzene rings is 1. The highest BCUT2D eigenvalue weighted by Crippen LogP contribution is 2.32. The quantitative estimate of drug-likeness (QED) is 0.851. The molecule has 1 N–H and O–H groups in total. The van der Waals surface area contributed by atoms with Crippen molar-refractivity contribution < 1.29 is 14.4 Å². The summed E-state index contributed by atoms with van der Waals surface area (Å²) in [6.45, 7) is 5.24. The number of piperidine rings is 1. The molecule has 1 aromatic carbocycles. The summed E-state index contributed by atoms with van der Waals surface area (Å²) in [6, 6.07) is 8.73.